The maximum absolute atomic E-state index is 2.45. The molecule has 0 aliphatic carbocycles. The Hall–Kier alpha value is 1.15. The molecule has 0 bridgehead atoms. The number of hydrogen-bond acceptors (Lipinski definition) is 0. The summed E-state index contributed by atoms with van der Waals surface area (Å²) in [6.45, 7) is 9.79. The van der Waals surface area contributed by atoms with Crippen molar-refractivity contribution in [2.45, 2.75) is 26.2 Å². The average molecular weight is 164 g/mol. The van der Waals surface area contributed by atoms with Gasteiger partial charge in [0.2, 0.25) is 0 Å². The molecule has 0 aromatic rings. The molecule has 0 saturated heterocycles. The van der Waals surface area contributed by atoms with Crippen LogP contribution in [-0.4, -0.2) is 12.4 Å². The van der Waals surface area contributed by atoms with Gasteiger partial charge in [0.25, 0.3) is 0 Å². The van der Waals surface area contributed by atoms with Gasteiger partial charge in [0.05, 0.1) is 0 Å². The molecule has 0 atom stereocenters. The zero-order chi connectivity index (χ0) is 5.86. The van der Waals surface area contributed by atoms with Crippen molar-refractivity contribution in [2.75, 3.05) is 0 Å². The normalized spacial score (nSPS) is 7.43. The van der Waals surface area contributed by atoms with E-state index in [1.165, 1.54) is 0 Å². The third kappa shape index (κ3) is 7.15. The van der Waals surface area contributed by atoms with Crippen molar-refractivity contribution < 1.29 is 16.6 Å². The molecule has 0 nitrogen and oxygen atoms in total. The van der Waals surface area contributed by atoms with Gasteiger partial charge in [-0.05, 0) is 0 Å². The Labute approximate surface area is 55.2 Å². The van der Waals surface area contributed by atoms with Crippen LogP contribution in [0.4, 0.5) is 0 Å². The van der Waals surface area contributed by atoms with Crippen LogP contribution >= 0.6 is 0 Å². The molecule has 0 aromatic carbocycles. The van der Waals surface area contributed by atoms with Crippen molar-refractivity contribution in [3.63, 3.8) is 0 Å². The second kappa shape index (κ2) is 4.07. The zero-order valence-electron chi connectivity index (χ0n) is 5.50. The van der Waals surface area contributed by atoms with Gasteiger partial charge in [-0.15, -0.1) is 0 Å². The Morgan fingerprint density at radius 3 is 1.14 bits per heavy atom. The van der Waals surface area contributed by atoms with Crippen LogP contribution in [0.5, 0.6) is 0 Å². The van der Waals surface area contributed by atoms with Crippen LogP contribution < -0.4 is 0 Å². The number of hydrogen-bond donors (Lipinski definition) is 0. The molecule has 0 fully saturated rings. The molecule has 40 valence electrons. The van der Waals surface area contributed by atoms with Gasteiger partial charge in [-0.1, -0.05) is 0 Å². The van der Waals surface area contributed by atoms with Crippen molar-refractivity contribution in [2.24, 2.45) is 0 Å². The predicted molar refractivity (Wildman–Crippen MR) is 35.0 cm³/mol. The van der Waals surface area contributed by atoms with Crippen molar-refractivity contribution in [3.05, 3.63) is 0 Å². The first-order valence-corrected chi connectivity index (χ1v) is 12.2. The van der Waals surface area contributed by atoms with Crippen LogP contribution in [-0.2, 0) is 16.6 Å². The van der Waals surface area contributed by atoms with Crippen LogP contribution in [0.15, 0.2) is 0 Å². The Morgan fingerprint density at radius 1 is 0.857 bits per heavy atom. The summed E-state index contributed by atoms with van der Waals surface area (Å²) < 4.78 is 0. The van der Waals surface area contributed by atoms with Crippen LogP contribution in [0.1, 0.15) is 0 Å². The summed E-state index contributed by atoms with van der Waals surface area (Å²) >= 11 is 0.593. The average Bonchev–Trinajstić information content (AvgIpc) is 1.27. The van der Waals surface area contributed by atoms with E-state index in [2.05, 4.69) is 26.2 Å². The summed E-state index contributed by atoms with van der Waals surface area (Å²) in [6, 6.07) is 0. The topological polar surface area (TPSA) is 0 Å². The standard InChI is InChI=1S/2C2H6Si.Ti/c2*1-3-2;/h2*1-2H3;. The van der Waals surface area contributed by atoms with Crippen LogP contribution in [0.25, 0.3) is 0 Å². The third-order valence-corrected chi connectivity index (χ3v) is 18.6. The molecule has 0 heterocycles. The second-order valence-electron chi connectivity index (χ2n) is 2.12. The molecule has 0 rings (SSSR count). The van der Waals surface area contributed by atoms with E-state index in [0.29, 0.717) is 16.6 Å². The Kier molecular flexibility index (Phi) is 4.74. The van der Waals surface area contributed by atoms with Crippen LogP contribution in [0, 0.1) is 0 Å². The summed E-state index contributed by atoms with van der Waals surface area (Å²) in [5.41, 5.74) is 0. The van der Waals surface area contributed by atoms with Gasteiger partial charge in [-0.25, -0.2) is 0 Å². The summed E-state index contributed by atoms with van der Waals surface area (Å²) in [4.78, 5) is 0. The third-order valence-electron chi connectivity index (χ3n) is 0.500. The molecule has 3 heteroatoms. The van der Waals surface area contributed by atoms with Gasteiger partial charge in [-0.2, -0.15) is 0 Å². The Morgan fingerprint density at radius 2 is 1.14 bits per heavy atom. The van der Waals surface area contributed by atoms with E-state index in [4.69, 9.17) is 0 Å². The van der Waals surface area contributed by atoms with Crippen LogP contribution in [0.2, 0.25) is 26.2 Å². The van der Waals surface area contributed by atoms with E-state index in [9.17, 15) is 0 Å². The fourth-order valence-corrected chi connectivity index (χ4v) is 18.6. The molecule has 0 unspecified atom stereocenters. The van der Waals surface area contributed by atoms with E-state index in [1.54, 1.807) is 0 Å². The van der Waals surface area contributed by atoms with Crippen LogP contribution in [0.3, 0.4) is 0 Å². The minimum absolute atomic E-state index is 0.236. The van der Waals surface area contributed by atoms with Gasteiger partial charge in [0.15, 0.2) is 0 Å². The van der Waals surface area contributed by atoms with Gasteiger partial charge in [0, 0.05) is 0 Å². The second-order valence-corrected chi connectivity index (χ2v) is 20.0. The van der Waals surface area contributed by atoms with E-state index >= 15 is 0 Å². The van der Waals surface area contributed by atoms with E-state index in [1.807, 2.05) is 0 Å². The molecule has 0 spiro atoms. The molecule has 0 amide bonds. The van der Waals surface area contributed by atoms with Crippen molar-refractivity contribution in [3.8, 4) is 0 Å². The fraction of sp³-hybridized carbons (Fsp3) is 1.00. The molecule has 0 aliphatic rings. The van der Waals surface area contributed by atoms with Crippen molar-refractivity contribution in [1.82, 2.24) is 0 Å². The van der Waals surface area contributed by atoms with Gasteiger partial charge < -0.3 is 0 Å². The first kappa shape index (κ1) is 8.15. The Bertz CT molecular complexity index is 102. The molecule has 0 radical (unpaired) electrons. The first-order chi connectivity index (χ1) is 3.13. The van der Waals surface area contributed by atoms with Gasteiger partial charge in [0.1, 0.15) is 0 Å². The minimum atomic E-state index is 0.236. The maximum atomic E-state index is 2.45. The first-order valence-electron chi connectivity index (χ1n) is 2.50. The van der Waals surface area contributed by atoms with Gasteiger partial charge in [-0.3, -0.25) is 0 Å². The monoisotopic (exact) mass is 164 g/mol. The predicted octanol–water partition coefficient (Wildman–Crippen LogP) is 1.57. The molecule has 0 aliphatic heterocycles. The molecular formula is C4H12Si2Ti. The number of rotatable bonds is 0. The summed E-state index contributed by atoms with van der Waals surface area (Å²) in [7, 11) is 0. The summed E-state index contributed by atoms with van der Waals surface area (Å²) in [6.07, 6.45) is 0.472. The van der Waals surface area contributed by atoms with E-state index < -0.39 is 0 Å². The SMILES string of the molecule is C[Si](C)=[Ti]=[Si](C)C. The van der Waals surface area contributed by atoms with E-state index in [0.717, 1.165) is 0 Å². The molecule has 0 aromatic heterocycles. The quantitative estimate of drug-likeness (QED) is 0.477. The van der Waals surface area contributed by atoms with Gasteiger partial charge >= 0.3 is 55.2 Å². The molecule has 0 N–H and O–H groups in total. The van der Waals surface area contributed by atoms with Crippen molar-refractivity contribution in [1.29, 1.82) is 0 Å². The summed E-state index contributed by atoms with van der Waals surface area (Å²) in [5.74, 6) is 0. The fourth-order valence-electron chi connectivity index (χ4n) is 0.500. The van der Waals surface area contributed by atoms with E-state index in [-0.39, 0.29) is 12.4 Å². The Balaban J connectivity index is 4.13. The summed E-state index contributed by atoms with van der Waals surface area (Å²) in [5, 5.41) is 0. The van der Waals surface area contributed by atoms with Crippen molar-refractivity contribution >= 4 is 12.4 Å². The molecule has 7 heavy (non-hydrogen) atoms. The zero-order valence-corrected chi connectivity index (χ0v) is 9.06. The molecular weight excluding hydrogens is 152 g/mol. The molecule has 0 saturated carbocycles.